The van der Waals surface area contributed by atoms with Crippen molar-refractivity contribution in [1.82, 2.24) is 15.3 Å². The monoisotopic (exact) mass is 410 g/mol. The number of amides is 1. The van der Waals surface area contributed by atoms with Crippen LogP contribution in [0.25, 0.3) is 11.3 Å². The summed E-state index contributed by atoms with van der Waals surface area (Å²) in [6.07, 6.45) is 6.08. The molecule has 0 unspecified atom stereocenters. The fraction of sp³-hybridized carbons (Fsp3) is 0.500. The highest BCUT2D eigenvalue weighted by Crippen LogP contribution is 2.44. The van der Waals surface area contributed by atoms with Crippen molar-refractivity contribution in [2.24, 2.45) is 11.3 Å². The molecule has 0 radical (unpaired) electrons. The van der Waals surface area contributed by atoms with Crippen molar-refractivity contribution in [2.75, 3.05) is 25.5 Å². The van der Waals surface area contributed by atoms with Gasteiger partial charge >= 0.3 is 5.97 Å². The third-order valence-electron chi connectivity index (χ3n) is 5.60. The highest BCUT2D eigenvalue weighted by Gasteiger charge is 2.49. The lowest BCUT2D eigenvalue weighted by atomic mass is 9.68. The molecular weight excluding hydrogens is 388 g/mol. The van der Waals surface area contributed by atoms with Crippen LogP contribution in [0.1, 0.15) is 36.2 Å². The van der Waals surface area contributed by atoms with Gasteiger partial charge in [0.25, 0.3) is 0 Å². The second-order valence-corrected chi connectivity index (χ2v) is 7.87. The second kappa shape index (κ2) is 8.00. The Kier molecular flexibility index (Phi) is 5.88. The van der Waals surface area contributed by atoms with Gasteiger partial charge in [0.05, 0.1) is 18.2 Å². The number of fused-ring (bicyclic) bond motifs is 1. The molecule has 0 bridgehead atoms. The predicted molar refractivity (Wildman–Crippen MR) is 106 cm³/mol. The molecular formula is C18H23ClN4O3S. The molecule has 3 N–H and O–H groups in total. The van der Waals surface area contributed by atoms with Crippen LogP contribution in [0, 0.1) is 11.3 Å². The number of carbonyl (C=O) groups excluding carboxylic acids is 2. The van der Waals surface area contributed by atoms with Gasteiger partial charge in [-0.3, -0.25) is 4.79 Å². The molecule has 0 spiro atoms. The fourth-order valence-corrected chi connectivity index (χ4v) is 4.86. The topological polar surface area (TPSA) is 96.1 Å². The summed E-state index contributed by atoms with van der Waals surface area (Å²) in [4.78, 5) is 32.0. The molecule has 2 aromatic heterocycles. The number of aromatic nitrogens is 2. The number of ether oxygens (including phenoxy) is 1. The number of hydrogen-bond acceptors (Lipinski definition) is 6. The summed E-state index contributed by atoms with van der Waals surface area (Å²) >= 11 is 1.40. The van der Waals surface area contributed by atoms with Gasteiger partial charge in [0.1, 0.15) is 5.69 Å². The molecule has 3 heterocycles. The van der Waals surface area contributed by atoms with Crippen molar-refractivity contribution < 1.29 is 14.3 Å². The maximum Gasteiger partial charge on any atom is 0.354 e. The Morgan fingerprint density at radius 2 is 2.26 bits per heavy atom. The lowest BCUT2D eigenvalue weighted by molar-refractivity contribution is -0.128. The number of rotatable bonds is 4. The molecule has 1 aliphatic carbocycles. The van der Waals surface area contributed by atoms with Gasteiger partial charge in [0.2, 0.25) is 5.91 Å². The van der Waals surface area contributed by atoms with E-state index in [9.17, 15) is 9.59 Å². The average molecular weight is 411 g/mol. The van der Waals surface area contributed by atoms with Crippen LogP contribution in [0.2, 0.25) is 0 Å². The van der Waals surface area contributed by atoms with Gasteiger partial charge < -0.3 is 20.4 Å². The highest BCUT2D eigenvalue weighted by molar-refractivity contribution is 7.14. The molecule has 27 heavy (non-hydrogen) atoms. The quantitative estimate of drug-likeness (QED) is 0.673. The molecule has 2 fully saturated rings. The van der Waals surface area contributed by atoms with Crippen LogP contribution in [0.3, 0.4) is 0 Å². The normalized spacial score (nSPS) is 24.0. The van der Waals surface area contributed by atoms with Crippen molar-refractivity contribution in [3.63, 3.8) is 0 Å². The number of hydrogen-bond donors (Lipinski definition) is 3. The minimum absolute atomic E-state index is 0. The van der Waals surface area contributed by atoms with E-state index in [1.54, 1.807) is 12.3 Å². The van der Waals surface area contributed by atoms with Gasteiger partial charge in [0, 0.05) is 23.7 Å². The zero-order chi connectivity index (χ0) is 18.1. The van der Waals surface area contributed by atoms with Crippen LogP contribution in [0.4, 0.5) is 5.13 Å². The maximum atomic E-state index is 13.0. The van der Waals surface area contributed by atoms with Crippen molar-refractivity contribution in [1.29, 1.82) is 0 Å². The van der Waals surface area contributed by atoms with Gasteiger partial charge in [0.15, 0.2) is 5.13 Å². The third-order valence-corrected chi connectivity index (χ3v) is 6.36. The van der Waals surface area contributed by atoms with E-state index in [2.05, 4.69) is 20.6 Å². The van der Waals surface area contributed by atoms with Crippen molar-refractivity contribution in [2.45, 2.75) is 25.7 Å². The molecule has 4 rings (SSSR count). The zero-order valence-corrected chi connectivity index (χ0v) is 16.7. The summed E-state index contributed by atoms with van der Waals surface area (Å²) in [7, 11) is 1.34. The van der Waals surface area contributed by atoms with Gasteiger partial charge in [-0.1, -0.05) is 12.8 Å². The van der Waals surface area contributed by atoms with Crippen molar-refractivity contribution in [3.05, 3.63) is 23.3 Å². The Morgan fingerprint density at radius 3 is 3.07 bits per heavy atom. The minimum atomic E-state index is -0.420. The number of esters is 1. The predicted octanol–water partition coefficient (Wildman–Crippen LogP) is 3.06. The van der Waals surface area contributed by atoms with Gasteiger partial charge in [-0.2, -0.15) is 0 Å². The largest absolute Gasteiger partial charge is 0.464 e. The van der Waals surface area contributed by atoms with E-state index in [0.717, 1.165) is 43.6 Å². The number of anilines is 1. The Balaban J connectivity index is 0.00000210. The van der Waals surface area contributed by atoms with Crippen molar-refractivity contribution >= 4 is 40.8 Å². The van der Waals surface area contributed by atoms with Crippen LogP contribution < -0.4 is 10.6 Å². The highest BCUT2D eigenvalue weighted by atomic mass is 35.5. The summed E-state index contributed by atoms with van der Waals surface area (Å²) in [5, 5.41) is 8.90. The number of H-pyrrole nitrogens is 1. The standard InChI is InChI=1S/C18H22N4O3S.ClH/c1-25-15(23)13-6-11(7-20-13)14-9-26-17(21-14)22-16(24)18-5-3-2-4-12(18)8-19-10-18;/h6-7,9,12,19-20H,2-5,8,10H2,1H3,(H,21,22,24);1H/t12-,18+;/m0./s1. The van der Waals surface area contributed by atoms with Crippen LogP contribution in [-0.2, 0) is 9.53 Å². The Labute approximate surface area is 167 Å². The molecule has 2 aromatic rings. The molecule has 1 saturated heterocycles. The summed E-state index contributed by atoms with van der Waals surface area (Å²) in [6.45, 7) is 1.68. The Hall–Kier alpha value is -1.90. The number of aromatic amines is 1. The molecule has 9 heteroatoms. The molecule has 2 aliphatic rings. The summed E-state index contributed by atoms with van der Waals surface area (Å²) < 4.78 is 4.70. The summed E-state index contributed by atoms with van der Waals surface area (Å²) in [6, 6.07) is 1.70. The van der Waals surface area contributed by atoms with E-state index in [-0.39, 0.29) is 23.7 Å². The average Bonchev–Trinajstić information content (AvgIpc) is 3.39. The molecule has 1 amide bonds. The van der Waals surface area contributed by atoms with E-state index in [0.29, 0.717) is 16.7 Å². The first-order chi connectivity index (χ1) is 12.6. The van der Waals surface area contributed by atoms with Crippen LogP contribution >= 0.6 is 23.7 Å². The van der Waals surface area contributed by atoms with Crippen LogP contribution in [-0.4, -0.2) is 42.0 Å². The van der Waals surface area contributed by atoms with Crippen LogP contribution in [0.15, 0.2) is 17.6 Å². The van der Waals surface area contributed by atoms with E-state index < -0.39 is 5.97 Å². The SMILES string of the molecule is COC(=O)c1cc(-c2csc(NC(=O)[C@@]34CCCC[C@H]3CNC4)n2)c[nH]1.Cl. The Bertz CT molecular complexity index is 836. The minimum Gasteiger partial charge on any atom is -0.464 e. The van der Waals surface area contributed by atoms with E-state index in [4.69, 9.17) is 4.74 Å². The summed E-state index contributed by atoms with van der Waals surface area (Å²) in [5.74, 6) is 0.0802. The van der Waals surface area contributed by atoms with Gasteiger partial charge in [-0.05, 0) is 31.4 Å². The number of thiazole rings is 1. The second-order valence-electron chi connectivity index (χ2n) is 7.02. The van der Waals surface area contributed by atoms with Gasteiger partial charge in [-0.25, -0.2) is 9.78 Å². The first-order valence-corrected chi connectivity index (χ1v) is 9.75. The molecule has 2 atom stereocenters. The smallest absolute Gasteiger partial charge is 0.354 e. The third kappa shape index (κ3) is 3.61. The molecule has 1 saturated carbocycles. The molecule has 1 aliphatic heterocycles. The molecule has 7 nitrogen and oxygen atoms in total. The zero-order valence-electron chi connectivity index (χ0n) is 15.0. The summed E-state index contributed by atoms with van der Waals surface area (Å²) in [5.41, 5.74) is 1.59. The number of nitrogens with zero attached hydrogens (tertiary/aromatic N) is 1. The van der Waals surface area contributed by atoms with Crippen LogP contribution in [0.5, 0.6) is 0 Å². The van der Waals surface area contributed by atoms with E-state index in [1.807, 2.05) is 5.38 Å². The number of halogens is 1. The molecule has 146 valence electrons. The number of methoxy groups -OCH3 is 1. The van der Waals surface area contributed by atoms with Gasteiger partial charge in [-0.15, -0.1) is 23.7 Å². The Morgan fingerprint density at radius 1 is 1.41 bits per heavy atom. The van der Waals surface area contributed by atoms with E-state index >= 15 is 0 Å². The number of carbonyl (C=O) groups is 2. The van der Waals surface area contributed by atoms with E-state index in [1.165, 1.54) is 24.9 Å². The van der Waals surface area contributed by atoms with Crippen molar-refractivity contribution in [3.8, 4) is 11.3 Å². The lowest BCUT2D eigenvalue weighted by Crippen LogP contribution is -2.44. The first-order valence-electron chi connectivity index (χ1n) is 8.87. The lowest BCUT2D eigenvalue weighted by Gasteiger charge is -2.36. The number of nitrogens with one attached hydrogen (secondary N) is 3. The first kappa shape index (κ1) is 19.9. The fourth-order valence-electron chi connectivity index (χ4n) is 4.15. The molecule has 0 aromatic carbocycles. The maximum absolute atomic E-state index is 13.0.